The summed E-state index contributed by atoms with van der Waals surface area (Å²) in [6.07, 6.45) is 0.267. The number of carbonyl (C=O) groups is 1. The summed E-state index contributed by atoms with van der Waals surface area (Å²) in [6.45, 7) is 0.346. The third kappa shape index (κ3) is 4.38. The molecule has 1 amide bonds. The average Bonchev–Trinajstić information content (AvgIpc) is 2.44. The number of para-hydroxylation sites is 1. The summed E-state index contributed by atoms with van der Waals surface area (Å²) in [4.78, 5) is 13.7. The molecule has 0 heterocycles. The fourth-order valence-electron chi connectivity index (χ4n) is 1.45. The summed E-state index contributed by atoms with van der Waals surface area (Å²) in [6, 6.07) is 8.88. The van der Waals surface area contributed by atoms with Gasteiger partial charge in [-0.3, -0.25) is 9.00 Å². The lowest BCUT2D eigenvalue weighted by Gasteiger charge is -2.15. The molecule has 19 heavy (non-hydrogen) atoms. The summed E-state index contributed by atoms with van der Waals surface area (Å²) in [5.74, 6) is 0.148. The van der Waals surface area contributed by atoms with Crippen molar-refractivity contribution in [3.63, 3.8) is 0 Å². The van der Waals surface area contributed by atoms with E-state index in [2.05, 4.69) is 0 Å². The van der Waals surface area contributed by atoms with Gasteiger partial charge in [-0.05, 0) is 12.1 Å². The Morgan fingerprint density at radius 2 is 2.16 bits per heavy atom. The van der Waals surface area contributed by atoms with Crippen LogP contribution in [0.1, 0.15) is 6.42 Å². The quantitative estimate of drug-likeness (QED) is 0.784. The van der Waals surface area contributed by atoms with Crippen LogP contribution in [0.4, 0.5) is 0 Å². The van der Waals surface area contributed by atoms with E-state index < -0.39 is 10.8 Å². The van der Waals surface area contributed by atoms with Gasteiger partial charge in [0.25, 0.3) is 0 Å². The first-order valence-corrected chi connectivity index (χ1v) is 7.04. The topological polar surface area (TPSA) is 70.4 Å². The van der Waals surface area contributed by atoms with Crippen molar-refractivity contribution in [2.24, 2.45) is 0 Å². The highest BCUT2D eigenvalue weighted by Gasteiger charge is 2.16. The Labute approximate surface area is 115 Å². The molecule has 1 unspecified atom stereocenters. The van der Waals surface area contributed by atoms with E-state index in [1.807, 2.05) is 6.07 Å². The number of amides is 1. The molecular weight excluding hydrogens is 264 g/mol. The minimum absolute atomic E-state index is 0.109. The van der Waals surface area contributed by atoms with Crippen molar-refractivity contribution in [2.45, 2.75) is 11.3 Å². The van der Waals surface area contributed by atoms with E-state index in [-0.39, 0.29) is 18.1 Å². The third-order valence-corrected chi connectivity index (χ3v) is 3.89. The number of hydrogen-bond acceptors (Lipinski definition) is 4. The molecule has 0 aliphatic carbocycles. The Morgan fingerprint density at radius 3 is 2.79 bits per heavy atom. The maximum absolute atomic E-state index is 12.1. The van der Waals surface area contributed by atoms with Gasteiger partial charge < -0.3 is 9.64 Å². The Morgan fingerprint density at radius 1 is 1.47 bits per heavy atom. The SMILES string of the molecule is COc1ccccc1S(=O)CC(=O)N(C)CCC#N. The lowest BCUT2D eigenvalue weighted by Crippen LogP contribution is -2.31. The number of carbonyl (C=O) groups excluding carboxylic acids is 1. The number of benzene rings is 1. The molecule has 0 aromatic heterocycles. The normalized spacial score (nSPS) is 11.4. The number of ether oxygens (including phenoxy) is 1. The molecular formula is C13H16N2O3S. The van der Waals surface area contributed by atoms with E-state index in [0.29, 0.717) is 17.2 Å². The minimum atomic E-state index is -1.45. The van der Waals surface area contributed by atoms with Crippen molar-refractivity contribution in [3.8, 4) is 11.8 Å². The van der Waals surface area contributed by atoms with Gasteiger partial charge in [-0.25, -0.2) is 0 Å². The summed E-state index contributed by atoms with van der Waals surface area (Å²) in [7, 11) is 1.64. The van der Waals surface area contributed by atoms with Gasteiger partial charge in [0.2, 0.25) is 5.91 Å². The molecule has 1 rings (SSSR count). The van der Waals surface area contributed by atoms with Crippen molar-refractivity contribution in [2.75, 3.05) is 26.5 Å². The molecule has 0 fully saturated rings. The maximum Gasteiger partial charge on any atom is 0.235 e. The smallest absolute Gasteiger partial charge is 0.235 e. The zero-order chi connectivity index (χ0) is 14.3. The van der Waals surface area contributed by atoms with E-state index in [9.17, 15) is 9.00 Å². The van der Waals surface area contributed by atoms with E-state index in [0.717, 1.165) is 0 Å². The second kappa shape index (κ2) is 7.54. The van der Waals surface area contributed by atoms with Crippen molar-refractivity contribution in [1.82, 2.24) is 4.90 Å². The summed E-state index contributed by atoms with van der Waals surface area (Å²) in [5.41, 5.74) is 0. The van der Waals surface area contributed by atoms with Gasteiger partial charge >= 0.3 is 0 Å². The minimum Gasteiger partial charge on any atom is -0.495 e. The number of rotatable bonds is 6. The third-order valence-electron chi connectivity index (χ3n) is 2.55. The van der Waals surface area contributed by atoms with Crippen LogP contribution in [0.25, 0.3) is 0 Å². The molecule has 1 atom stereocenters. The van der Waals surface area contributed by atoms with Crippen LogP contribution in [-0.2, 0) is 15.6 Å². The van der Waals surface area contributed by atoms with Gasteiger partial charge in [0, 0.05) is 13.6 Å². The molecule has 5 nitrogen and oxygen atoms in total. The molecule has 0 radical (unpaired) electrons. The maximum atomic E-state index is 12.1. The number of nitrogens with zero attached hydrogens (tertiary/aromatic N) is 2. The molecule has 0 saturated heterocycles. The van der Waals surface area contributed by atoms with Crippen LogP contribution in [0.5, 0.6) is 5.75 Å². The number of hydrogen-bond donors (Lipinski definition) is 0. The highest BCUT2D eigenvalue weighted by Crippen LogP contribution is 2.21. The molecule has 0 spiro atoms. The van der Waals surface area contributed by atoms with Crippen molar-refractivity contribution >= 4 is 16.7 Å². The van der Waals surface area contributed by atoms with Gasteiger partial charge in [0.1, 0.15) is 11.5 Å². The molecule has 0 aliphatic rings. The zero-order valence-corrected chi connectivity index (χ0v) is 11.8. The second-order valence-corrected chi connectivity index (χ2v) is 5.28. The van der Waals surface area contributed by atoms with E-state index in [1.165, 1.54) is 12.0 Å². The predicted octanol–water partition coefficient (Wildman–Crippen LogP) is 1.17. The Hall–Kier alpha value is -1.87. The lowest BCUT2D eigenvalue weighted by molar-refractivity contribution is -0.127. The molecule has 102 valence electrons. The Bertz CT molecular complexity index is 511. The predicted molar refractivity (Wildman–Crippen MR) is 72.1 cm³/mol. The van der Waals surface area contributed by atoms with E-state index >= 15 is 0 Å². The van der Waals surface area contributed by atoms with Crippen LogP contribution in [0.15, 0.2) is 29.2 Å². The molecule has 1 aromatic rings. The Balaban J connectivity index is 2.69. The monoisotopic (exact) mass is 280 g/mol. The fraction of sp³-hybridized carbons (Fsp3) is 0.385. The second-order valence-electron chi connectivity index (χ2n) is 3.86. The average molecular weight is 280 g/mol. The van der Waals surface area contributed by atoms with Crippen molar-refractivity contribution in [3.05, 3.63) is 24.3 Å². The fourth-order valence-corrected chi connectivity index (χ4v) is 2.66. The zero-order valence-electron chi connectivity index (χ0n) is 11.0. The summed E-state index contributed by atoms with van der Waals surface area (Å²) >= 11 is 0. The summed E-state index contributed by atoms with van der Waals surface area (Å²) < 4.78 is 17.2. The van der Waals surface area contributed by atoms with Gasteiger partial charge in [-0.2, -0.15) is 5.26 Å². The highest BCUT2D eigenvalue weighted by molar-refractivity contribution is 7.85. The first-order valence-electron chi connectivity index (χ1n) is 5.72. The standard InChI is InChI=1S/C13H16N2O3S/c1-15(9-5-8-14)13(16)10-19(17)12-7-4-3-6-11(12)18-2/h3-4,6-7H,5,9-10H2,1-2H3. The highest BCUT2D eigenvalue weighted by atomic mass is 32.2. The number of nitriles is 1. The molecule has 1 aromatic carbocycles. The Kier molecular flexibility index (Phi) is 6.03. The van der Waals surface area contributed by atoms with E-state index in [4.69, 9.17) is 10.00 Å². The van der Waals surface area contributed by atoms with Crippen LogP contribution in [0.2, 0.25) is 0 Å². The van der Waals surface area contributed by atoms with Gasteiger partial charge in [0.15, 0.2) is 0 Å². The van der Waals surface area contributed by atoms with Crippen LogP contribution in [-0.4, -0.2) is 41.5 Å². The first-order chi connectivity index (χ1) is 9.10. The van der Waals surface area contributed by atoms with Crippen LogP contribution in [0.3, 0.4) is 0 Å². The molecule has 0 saturated carbocycles. The number of methoxy groups -OCH3 is 1. The van der Waals surface area contributed by atoms with Gasteiger partial charge in [-0.1, -0.05) is 12.1 Å². The van der Waals surface area contributed by atoms with Crippen LogP contribution < -0.4 is 4.74 Å². The molecule has 0 N–H and O–H groups in total. The first kappa shape index (κ1) is 15.2. The largest absolute Gasteiger partial charge is 0.495 e. The van der Waals surface area contributed by atoms with Gasteiger partial charge in [-0.15, -0.1) is 0 Å². The summed E-state index contributed by atoms with van der Waals surface area (Å²) in [5, 5.41) is 8.46. The molecule has 0 bridgehead atoms. The van der Waals surface area contributed by atoms with E-state index in [1.54, 1.807) is 31.3 Å². The molecule has 6 heteroatoms. The molecule has 0 aliphatic heterocycles. The van der Waals surface area contributed by atoms with Crippen molar-refractivity contribution < 1.29 is 13.7 Å². The van der Waals surface area contributed by atoms with Crippen LogP contribution in [0, 0.1) is 11.3 Å². The lowest BCUT2D eigenvalue weighted by atomic mass is 10.3. The van der Waals surface area contributed by atoms with Gasteiger partial charge in [0.05, 0.1) is 35.3 Å². The van der Waals surface area contributed by atoms with Crippen LogP contribution >= 0.6 is 0 Å². The van der Waals surface area contributed by atoms with Crippen molar-refractivity contribution in [1.29, 1.82) is 5.26 Å².